The molecule has 4 rings (SSSR count). The Morgan fingerprint density at radius 3 is 2.40 bits per heavy atom. The minimum Gasteiger partial charge on any atom is -0.497 e. The fraction of sp³-hybridized carbons (Fsp3) is 0.538. The number of nitrogens with zero attached hydrogens (tertiary/aromatic N) is 2. The molecular formula is C26H35N2O2. The van der Waals surface area contributed by atoms with E-state index >= 15 is 0 Å². The largest absolute Gasteiger partial charge is 0.497 e. The Bertz CT molecular complexity index is 824. The second kappa shape index (κ2) is 10.3. The second-order valence-corrected chi connectivity index (χ2v) is 8.70. The van der Waals surface area contributed by atoms with E-state index in [4.69, 9.17) is 9.47 Å². The van der Waals surface area contributed by atoms with Crippen molar-refractivity contribution >= 4 is 0 Å². The number of rotatable bonds is 9. The first-order valence-corrected chi connectivity index (χ1v) is 11.5. The Hall–Kier alpha value is -2.04. The van der Waals surface area contributed by atoms with Crippen LogP contribution in [-0.4, -0.2) is 56.2 Å². The van der Waals surface area contributed by atoms with E-state index in [1.165, 1.54) is 68.6 Å². The lowest BCUT2D eigenvalue weighted by molar-refractivity contribution is 0.236. The average Bonchev–Trinajstić information content (AvgIpc) is 3.45. The molecule has 30 heavy (non-hydrogen) atoms. The van der Waals surface area contributed by atoms with Gasteiger partial charge in [0.1, 0.15) is 18.1 Å². The first-order chi connectivity index (χ1) is 14.7. The van der Waals surface area contributed by atoms with Crippen molar-refractivity contribution in [2.75, 3.05) is 46.4 Å². The molecule has 2 aromatic rings. The minimum absolute atomic E-state index is 0.710. The summed E-state index contributed by atoms with van der Waals surface area (Å²) in [6.07, 6.45) is 6.13. The van der Waals surface area contributed by atoms with Crippen molar-refractivity contribution in [1.82, 2.24) is 9.80 Å². The van der Waals surface area contributed by atoms with Gasteiger partial charge in [-0.2, -0.15) is 0 Å². The molecule has 4 nitrogen and oxygen atoms in total. The van der Waals surface area contributed by atoms with Gasteiger partial charge in [0.15, 0.2) is 0 Å². The zero-order chi connectivity index (χ0) is 20.8. The monoisotopic (exact) mass is 407 g/mol. The lowest BCUT2D eigenvalue weighted by Crippen LogP contribution is -2.25. The minimum atomic E-state index is 0.710. The van der Waals surface area contributed by atoms with Gasteiger partial charge in [-0.05, 0) is 87.6 Å². The van der Waals surface area contributed by atoms with Gasteiger partial charge in [0.25, 0.3) is 0 Å². The summed E-state index contributed by atoms with van der Waals surface area (Å²) in [6, 6.07) is 14.2. The quantitative estimate of drug-likeness (QED) is 0.613. The summed E-state index contributed by atoms with van der Waals surface area (Å²) >= 11 is 0. The van der Waals surface area contributed by atoms with Crippen molar-refractivity contribution in [3.05, 3.63) is 58.7 Å². The molecule has 1 radical (unpaired) electrons. The lowest BCUT2D eigenvalue weighted by Gasteiger charge is -2.18. The van der Waals surface area contributed by atoms with Crippen molar-refractivity contribution in [3.8, 4) is 11.5 Å². The molecule has 0 N–H and O–H groups in total. The Labute approximate surface area is 181 Å². The molecule has 0 aliphatic carbocycles. The highest BCUT2D eigenvalue weighted by Crippen LogP contribution is 2.27. The number of ether oxygens (including phenoxy) is 2. The SMILES string of the molecule is COc1c[c]c(Cc2ccc(CN3CCCC3)c(C)c2)c(OCCN2CCCC2)c1. The molecule has 0 saturated carbocycles. The summed E-state index contributed by atoms with van der Waals surface area (Å²) in [6.45, 7) is 9.88. The predicted molar refractivity (Wildman–Crippen MR) is 121 cm³/mol. The molecule has 2 saturated heterocycles. The third kappa shape index (κ3) is 5.55. The van der Waals surface area contributed by atoms with E-state index < -0.39 is 0 Å². The van der Waals surface area contributed by atoms with Crippen molar-refractivity contribution in [1.29, 1.82) is 0 Å². The first-order valence-electron chi connectivity index (χ1n) is 11.5. The number of methoxy groups -OCH3 is 1. The van der Waals surface area contributed by atoms with E-state index in [0.717, 1.165) is 36.6 Å². The fourth-order valence-electron chi connectivity index (χ4n) is 4.59. The van der Waals surface area contributed by atoms with Gasteiger partial charge in [0.05, 0.1) is 7.11 Å². The van der Waals surface area contributed by atoms with E-state index in [-0.39, 0.29) is 0 Å². The Balaban J connectivity index is 1.42. The van der Waals surface area contributed by atoms with E-state index in [1.54, 1.807) is 7.11 Å². The molecule has 161 valence electrons. The van der Waals surface area contributed by atoms with Crippen molar-refractivity contribution < 1.29 is 9.47 Å². The number of likely N-dealkylation sites (tertiary alicyclic amines) is 2. The molecule has 2 aliphatic rings. The summed E-state index contributed by atoms with van der Waals surface area (Å²) in [5, 5.41) is 0. The zero-order valence-corrected chi connectivity index (χ0v) is 18.6. The molecule has 0 aromatic heterocycles. The van der Waals surface area contributed by atoms with Crippen LogP contribution in [0.5, 0.6) is 11.5 Å². The maximum atomic E-state index is 6.20. The van der Waals surface area contributed by atoms with Crippen LogP contribution in [0.3, 0.4) is 0 Å². The van der Waals surface area contributed by atoms with Crippen LogP contribution in [-0.2, 0) is 13.0 Å². The van der Waals surface area contributed by atoms with Crippen LogP contribution in [0.4, 0.5) is 0 Å². The van der Waals surface area contributed by atoms with Crippen molar-refractivity contribution in [3.63, 3.8) is 0 Å². The third-order valence-electron chi connectivity index (χ3n) is 6.44. The van der Waals surface area contributed by atoms with Crippen LogP contribution < -0.4 is 9.47 Å². The molecule has 0 spiro atoms. The third-order valence-corrected chi connectivity index (χ3v) is 6.44. The molecule has 0 amide bonds. The van der Waals surface area contributed by atoms with Crippen molar-refractivity contribution in [2.24, 2.45) is 0 Å². The van der Waals surface area contributed by atoms with Crippen LogP contribution in [0.25, 0.3) is 0 Å². The lowest BCUT2D eigenvalue weighted by atomic mass is 9.99. The Morgan fingerprint density at radius 2 is 1.70 bits per heavy atom. The summed E-state index contributed by atoms with van der Waals surface area (Å²) in [5.74, 6) is 1.69. The van der Waals surface area contributed by atoms with E-state index in [2.05, 4.69) is 41.0 Å². The van der Waals surface area contributed by atoms with Crippen LogP contribution in [0.15, 0.2) is 30.3 Å². The van der Waals surface area contributed by atoms with Gasteiger partial charge in [-0.3, -0.25) is 9.80 Å². The highest BCUT2D eigenvalue weighted by Gasteiger charge is 2.15. The maximum absolute atomic E-state index is 6.20. The molecule has 0 bridgehead atoms. The topological polar surface area (TPSA) is 24.9 Å². The normalized spacial score (nSPS) is 17.5. The van der Waals surface area contributed by atoms with Gasteiger partial charge in [0.2, 0.25) is 0 Å². The smallest absolute Gasteiger partial charge is 0.127 e. The van der Waals surface area contributed by atoms with Gasteiger partial charge in [0, 0.05) is 31.1 Å². The molecule has 0 unspecified atom stereocenters. The molecule has 2 aliphatic heterocycles. The van der Waals surface area contributed by atoms with E-state index in [9.17, 15) is 0 Å². The second-order valence-electron chi connectivity index (χ2n) is 8.70. The molecule has 4 heteroatoms. The summed E-state index contributed by atoms with van der Waals surface area (Å²) in [5.41, 5.74) is 5.23. The van der Waals surface area contributed by atoms with Gasteiger partial charge >= 0.3 is 0 Å². The molecule has 0 atom stereocenters. The van der Waals surface area contributed by atoms with Gasteiger partial charge in [-0.15, -0.1) is 0 Å². The zero-order valence-electron chi connectivity index (χ0n) is 18.6. The molecule has 2 heterocycles. The molecular weight excluding hydrogens is 372 g/mol. The fourth-order valence-corrected chi connectivity index (χ4v) is 4.59. The highest BCUT2D eigenvalue weighted by atomic mass is 16.5. The Morgan fingerprint density at radius 1 is 0.967 bits per heavy atom. The van der Waals surface area contributed by atoms with E-state index in [0.29, 0.717) is 6.61 Å². The molecule has 2 fully saturated rings. The van der Waals surface area contributed by atoms with Crippen LogP contribution in [0.1, 0.15) is 47.9 Å². The van der Waals surface area contributed by atoms with Crippen LogP contribution >= 0.6 is 0 Å². The highest BCUT2D eigenvalue weighted by molar-refractivity contribution is 5.43. The number of aryl methyl sites for hydroxylation is 1. The van der Waals surface area contributed by atoms with Gasteiger partial charge in [-0.1, -0.05) is 18.2 Å². The summed E-state index contributed by atoms with van der Waals surface area (Å²) in [7, 11) is 1.69. The average molecular weight is 408 g/mol. The maximum Gasteiger partial charge on any atom is 0.127 e. The van der Waals surface area contributed by atoms with Gasteiger partial charge in [-0.25, -0.2) is 0 Å². The number of hydrogen-bond acceptors (Lipinski definition) is 4. The number of hydrogen-bond donors (Lipinski definition) is 0. The summed E-state index contributed by atoms with van der Waals surface area (Å²) in [4.78, 5) is 5.04. The van der Waals surface area contributed by atoms with Gasteiger partial charge < -0.3 is 9.47 Å². The standard InChI is InChI=1S/C26H35N2O2/c1-21-17-22(7-8-24(21)20-28-13-5-6-14-28)18-23-9-10-25(29-2)19-26(23)30-16-15-27-11-3-4-12-27/h7-8,10,17,19H,3-6,11-16,18,20H2,1-2H3. The van der Waals surface area contributed by atoms with Crippen LogP contribution in [0.2, 0.25) is 0 Å². The number of benzene rings is 2. The molecule has 2 aromatic carbocycles. The first kappa shape index (κ1) is 21.2. The Kier molecular flexibility index (Phi) is 7.29. The predicted octanol–water partition coefficient (Wildman–Crippen LogP) is 4.47. The van der Waals surface area contributed by atoms with Crippen LogP contribution in [0, 0.1) is 13.0 Å². The van der Waals surface area contributed by atoms with Crippen molar-refractivity contribution in [2.45, 2.75) is 45.6 Å². The van der Waals surface area contributed by atoms with E-state index in [1.807, 2.05) is 12.1 Å². The summed E-state index contributed by atoms with van der Waals surface area (Å²) < 4.78 is 11.6.